The van der Waals surface area contributed by atoms with Crippen LogP contribution in [0.2, 0.25) is 0 Å². The zero-order valence-electron chi connectivity index (χ0n) is 11.7. The topological polar surface area (TPSA) is 52.0 Å². The Morgan fingerprint density at radius 3 is 3.00 bits per heavy atom. The lowest BCUT2D eigenvalue weighted by molar-refractivity contribution is 0.0829. The van der Waals surface area contributed by atoms with Crippen LogP contribution in [0.1, 0.15) is 25.6 Å². The molecule has 20 heavy (non-hydrogen) atoms. The second-order valence-electron chi connectivity index (χ2n) is 5.17. The summed E-state index contributed by atoms with van der Waals surface area (Å²) in [6.07, 6.45) is 4.38. The first kappa shape index (κ1) is 13.3. The maximum Gasteiger partial charge on any atom is 0.151 e. The normalized spacial score (nSPS) is 20.1. The number of aromatic nitrogens is 3. The highest BCUT2D eigenvalue weighted by atomic mass is 16.5. The molecule has 5 nitrogen and oxygen atoms in total. The van der Waals surface area contributed by atoms with Gasteiger partial charge in [0.25, 0.3) is 0 Å². The SMILES string of the molecule is CC(NCc1nncn1-c1ccccc1)C1CCCO1. The minimum absolute atomic E-state index is 0.322. The van der Waals surface area contributed by atoms with Gasteiger partial charge in [0.2, 0.25) is 0 Å². The highest BCUT2D eigenvalue weighted by Crippen LogP contribution is 2.16. The Morgan fingerprint density at radius 1 is 1.40 bits per heavy atom. The second-order valence-corrected chi connectivity index (χ2v) is 5.17. The summed E-state index contributed by atoms with van der Waals surface area (Å²) in [5.41, 5.74) is 1.08. The highest BCUT2D eigenvalue weighted by Gasteiger charge is 2.22. The molecule has 1 aromatic heterocycles. The molecule has 0 amide bonds. The van der Waals surface area contributed by atoms with Crippen LogP contribution < -0.4 is 5.32 Å². The molecule has 0 spiro atoms. The van der Waals surface area contributed by atoms with E-state index in [1.54, 1.807) is 6.33 Å². The van der Waals surface area contributed by atoms with Crippen LogP contribution in [-0.2, 0) is 11.3 Å². The molecule has 2 atom stereocenters. The molecule has 1 aliphatic rings. The number of ether oxygens (including phenoxy) is 1. The van der Waals surface area contributed by atoms with E-state index < -0.39 is 0 Å². The van der Waals surface area contributed by atoms with Crippen molar-refractivity contribution in [3.63, 3.8) is 0 Å². The summed E-state index contributed by atoms with van der Waals surface area (Å²) in [6, 6.07) is 10.5. The first-order valence-electron chi connectivity index (χ1n) is 7.14. The molecule has 1 aliphatic heterocycles. The van der Waals surface area contributed by atoms with E-state index in [0.717, 1.165) is 31.0 Å². The summed E-state index contributed by atoms with van der Waals surface area (Å²) < 4.78 is 7.70. The Kier molecular flexibility index (Phi) is 4.08. The van der Waals surface area contributed by atoms with Gasteiger partial charge in [-0.2, -0.15) is 0 Å². The van der Waals surface area contributed by atoms with Gasteiger partial charge in [0.15, 0.2) is 5.82 Å². The second kappa shape index (κ2) is 6.15. The molecule has 2 aromatic rings. The minimum Gasteiger partial charge on any atom is -0.377 e. The lowest BCUT2D eigenvalue weighted by atomic mass is 10.1. The van der Waals surface area contributed by atoms with Crippen molar-refractivity contribution >= 4 is 0 Å². The van der Waals surface area contributed by atoms with Crippen LogP contribution in [0.3, 0.4) is 0 Å². The Morgan fingerprint density at radius 2 is 2.25 bits per heavy atom. The largest absolute Gasteiger partial charge is 0.377 e. The zero-order valence-corrected chi connectivity index (χ0v) is 11.7. The molecule has 0 radical (unpaired) electrons. The van der Waals surface area contributed by atoms with Gasteiger partial charge in [-0.05, 0) is 31.9 Å². The van der Waals surface area contributed by atoms with Crippen LogP contribution in [0.5, 0.6) is 0 Å². The summed E-state index contributed by atoms with van der Waals surface area (Å²) >= 11 is 0. The molecule has 2 heterocycles. The van der Waals surface area contributed by atoms with E-state index in [0.29, 0.717) is 18.7 Å². The van der Waals surface area contributed by atoms with E-state index in [1.807, 2.05) is 22.8 Å². The molecule has 106 valence electrons. The summed E-state index contributed by atoms with van der Waals surface area (Å²) in [5, 5.41) is 11.7. The summed E-state index contributed by atoms with van der Waals surface area (Å²) in [7, 11) is 0. The lowest BCUT2D eigenvalue weighted by Gasteiger charge is -2.19. The Bertz CT molecular complexity index is 534. The quantitative estimate of drug-likeness (QED) is 0.903. The summed E-state index contributed by atoms with van der Waals surface area (Å²) in [5.74, 6) is 0.918. The molecule has 1 N–H and O–H groups in total. The van der Waals surface area contributed by atoms with Crippen molar-refractivity contribution < 1.29 is 4.74 Å². The fraction of sp³-hybridized carbons (Fsp3) is 0.467. The lowest BCUT2D eigenvalue weighted by Crippen LogP contribution is -2.37. The van der Waals surface area contributed by atoms with Crippen LogP contribution in [0.15, 0.2) is 36.7 Å². The van der Waals surface area contributed by atoms with E-state index in [9.17, 15) is 0 Å². The maximum absolute atomic E-state index is 5.69. The number of hydrogen-bond acceptors (Lipinski definition) is 4. The smallest absolute Gasteiger partial charge is 0.151 e. The molecule has 0 aliphatic carbocycles. The number of nitrogens with one attached hydrogen (secondary N) is 1. The summed E-state index contributed by atoms with van der Waals surface area (Å²) in [6.45, 7) is 3.74. The van der Waals surface area contributed by atoms with Crippen molar-refractivity contribution in [2.24, 2.45) is 0 Å². The van der Waals surface area contributed by atoms with Gasteiger partial charge in [-0.25, -0.2) is 0 Å². The van der Waals surface area contributed by atoms with Crippen molar-refractivity contribution in [3.05, 3.63) is 42.5 Å². The molecule has 1 aromatic carbocycles. The van der Waals surface area contributed by atoms with Crippen LogP contribution in [0, 0.1) is 0 Å². The van der Waals surface area contributed by atoms with Crippen LogP contribution in [-0.4, -0.2) is 33.5 Å². The Balaban J connectivity index is 1.65. The van der Waals surface area contributed by atoms with Crippen molar-refractivity contribution in [1.29, 1.82) is 0 Å². The number of para-hydroxylation sites is 1. The molecule has 3 rings (SSSR count). The third kappa shape index (κ3) is 2.89. The van der Waals surface area contributed by atoms with Crippen molar-refractivity contribution in [2.75, 3.05) is 6.61 Å². The molecule has 1 saturated heterocycles. The number of nitrogens with zero attached hydrogens (tertiary/aromatic N) is 3. The van der Waals surface area contributed by atoms with E-state index in [-0.39, 0.29) is 0 Å². The van der Waals surface area contributed by atoms with E-state index in [2.05, 4.69) is 34.6 Å². The third-order valence-corrected chi connectivity index (χ3v) is 3.76. The first-order chi connectivity index (χ1) is 9.84. The van der Waals surface area contributed by atoms with Crippen molar-refractivity contribution in [3.8, 4) is 5.69 Å². The zero-order chi connectivity index (χ0) is 13.8. The summed E-state index contributed by atoms with van der Waals surface area (Å²) in [4.78, 5) is 0. The van der Waals surface area contributed by atoms with Crippen molar-refractivity contribution in [2.45, 2.75) is 38.5 Å². The molecule has 0 bridgehead atoms. The van der Waals surface area contributed by atoms with Gasteiger partial charge in [-0.1, -0.05) is 18.2 Å². The predicted octanol–water partition coefficient (Wildman–Crippen LogP) is 1.92. The van der Waals surface area contributed by atoms with Gasteiger partial charge in [-0.15, -0.1) is 10.2 Å². The monoisotopic (exact) mass is 272 g/mol. The molecular formula is C15H20N4O. The van der Waals surface area contributed by atoms with E-state index in [1.165, 1.54) is 0 Å². The van der Waals surface area contributed by atoms with Crippen LogP contribution in [0.4, 0.5) is 0 Å². The average Bonchev–Trinajstić information content (AvgIpc) is 3.17. The average molecular weight is 272 g/mol. The molecular weight excluding hydrogens is 252 g/mol. The van der Waals surface area contributed by atoms with Gasteiger partial charge < -0.3 is 10.1 Å². The Labute approximate surface area is 119 Å². The Hall–Kier alpha value is -1.72. The van der Waals surface area contributed by atoms with Crippen LogP contribution >= 0.6 is 0 Å². The molecule has 0 saturated carbocycles. The van der Waals surface area contributed by atoms with Gasteiger partial charge >= 0.3 is 0 Å². The number of benzene rings is 1. The third-order valence-electron chi connectivity index (χ3n) is 3.76. The number of rotatable bonds is 5. The van der Waals surface area contributed by atoms with Gasteiger partial charge in [0.1, 0.15) is 6.33 Å². The predicted molar refractivity (Wildman–Crippen MR) is 76.6 cm³/mol. The number of hydrogen-bond donors (Lipinski definition) is 1. The van der Waals surface area contributed by atoms with Gasteiger partial charge in [0, 0.05) is 18.3 Å². The molecule has 1 fully saturated rings. The molecule has 5 heteroatoms. The van der Waals surface area contributed by atoms with E-state index >= 15 is 0 Å². The molecule has 2 unspecified atom stereocenters. The fourth-order valence-electron chi connectivity index (χ4n) is 2.56. The van der Waals surface area contributed by atoms with Crippen LogP contribution in [0.25, 0.3) is 5.69 Å². The standard InChI is InChI=1S/C15H20N4O/c1-12(14-8-5-9-20-14)16-10-15-18-17-11-19(15)13-6-3-2-4-7-13/h2-4,6-7,11-12,14,16H,5,8-10H2,1H3. The maximum atomic E-state index is 5.69. The first-order valence-corrected chi connectivity index (χ1v) is 7.14. The van der Waals surface area contributed by atoms with Crippen molar-refractivity contribution in [1.82, 2.24) is 20.1 Å². The highest BCUT2D eigenvalue weighted by molar-refractivity contribution is 5.31. The van der Waals surface area contributed by atoms with Gasteiger partial charge in [-0.3, -0.25) is 4.57 Å². The fourth-order valence-corrected chi connectivity index (χ4v) is 2.56. The van der Waals surface area contributed by atoms with Gasteiger partial charge in [0.05, 0.1) is 12.6 Å². The minimum atomic E-state index is 0.322. The van der Waals surface area contributed by atoms with E-state index in [4.69, 9.17) is 4.74 Å².